The molecule has 7 rings (SSSR count). The summed E-state index contributed by atoms with van der Waals surface area (Å²) in [4.78, 5) is 0. The molecule has 0 radical (unpaired) electrons. The van der Waals surface area contributed by atoms with Crippen molar-refractivity contribution in [1.82, 2.24) is 0 Å². The fourth-order valence-corrected chi connectivity index (χ4v) is 5.82. The number of phenols is 4. The van der Waals surface area contributed by atoms with Crippen LogP contribution in [-0.2, 0) is 0 Å². The Kier molecular flexibility index (Phi) is 4.72. The lowest BCUT2D eigenvalue weighted by Crippen LogP contribution is -1.94. The van der Waals surface area contributed by atoms with Crippen LogP contribution in [0.25, 0.3) is 65.3 Å². The molecule has 7 aromatic carbocycles. The van der Waals surface area contributed by atoms with Gasteiger partial charge in [0.2, 0.25) is 11.5 Å². The predicted octanol–water partition coefficient (Wildman–Crippen LogP) is 8.46. The summed E-state index contributed by atoms with van der Waals surface area (Å²) in [7, 11) is 0. The summed E-state index contributed by atoms with van der Waals surface area (Å²) in [5.74, 6) is -2.47. The van der Waals surface area contributed by atoms with Crippen LogP contribution in [0.3, 0.4) is 0 Å². The SMILES string of the molecule is Oc1c(O)c(O)c2c(-c3cc4ccccc4c4ccccc34)c3ccccc3c(-c3ccccc3)c2c1O. The molecular formula is C34H22O4. The van der Waals surface area contributed by atoms with E-state index in [-0.39, 0.29) is 10.8 Å². The van der Waals surface area contributed by atoms with Gasteiger partial charge in [0.25, 0.3) is 0 Å². The third kappa shape index (κ3) is 2.98. The smallest absolute Gasteiger partial charge is 0.204 e. The van der Waals surface area contributed by atoms with E-state index < -0.39 is 23.0 Å². The Hall–Kier alpha value is -5.22. The fourth-order valence-electron chi connectivity index (χ4n) is 5.82. The monoisotopic (exact) mass is 494 g/mol. The van der Waals surface area contributed by atoms with Crippen LogP contribution in [0.15, 0.2) is 109 Å². The summed E-state index contributed by atoms with van der Waals surface area (Å²) >= 11 is 0. The first-order valence-corrected chi connectivity index (χ1v) is 12.4. The lowest BCUT2D eigenvalue weighted by Gasteiger charge is -2.21. The van der Waals surface area contributed by atoms with Crippen LogP contribution in [-0.4, -0.2) is 20.4 Å². The van der Waals surface area contributed by atoms with Gasteiger partial charge in [0, 0.05) is 21.9 Å². The minimum atomic E-state index is -0.754. The van der Waals surface area contributed by atoms with Crippen molar-refractivity contribution < 1.29 is 20.4 Å². The van der Waals surface area contributed by atoms with Crippen molar-refractivity contribution >= 4 is 43.1 Å². The maximum Gasteiger partial charge on any atom is 0.204 e. The molecule has 0 aliphatic carbocycles. The average molecular weight is 495 g/mol. The summed E-state index contributed by atoms with van der Waals surface area (Å²) in [6, 6.07) is 35.7. The number of fused-ring (bicyclic) bond motifs is 5. The number of benzene rings is 7. The Labute approximate surface area is 217 Å². The number of phenolic OH excluding ortho intramolecular Hbond substituents is 4. The van der Waals surface area contributed by atoms with Gasteiger partial charge < -0.3 is 20.4 Å². The van der Waals surface area contributed by atoms with Gasteiger partial charge in [-0.05, 0) is 49.5 Å². The van der Waals surface area contributed by atoms with Crippen molar-refractivity contribution in [1.29, 1.82) is 0 Å². The van der Waals surface area contributed by atoms with Gasteiger partial charge in [0.05, 0.1) is 0 Å². The van der Waals surface area contributed by atoms with Crippen LogP contribution in [0, 0.1) is 0 Å². The van der Waals surface area contributed by atoms with E-state index in [1.165, 1.54) is 0 Å². The molecule has 38 heavy (non-hydrogen) atoms. The Bertz CT molecular complexity index is 2060. The largest absolute Gasteiger partial charge is 0.504 e. The quantitative estimate of drug-likeness (QED) is 0.0841. The van der Waals surface area contributed by atoms with E-state index in [0.717, 1.165) is 43.4 Å². The van der Waals surface area contributed by atoms with Gasteiger partial charge in [0.15, 0.2) is 11.5 Å². The van der Waals surface area contributed by atoms with E-state index in [1.807, 2.05) is 84.9 Å². The molecule has 4 nitrogen and oxygen atoms in total. The van der Waals surface area contributed by atoms with E-state index in [1.54, 1.807) is 0 Å². The maximum absolute atomic E-state index is 11.4. The first kappa shape index (κ1) is 22.0. The third-order valence-corrected chi connectivity index (χ3v) is 7.46. The summed E-state index contributed by atoms with van der Waals surface area (Å²) in [6.45, 7) is 0. The second-order valence-corrected chi connectivity index (χ2v) is 9.50. The van der Waals surface area contributed by atoms with Gasteiger partial charge >= 0.3 is 0 Å². The van der Waals surface area contributed by atoms with Gasteiger partial charge in [-0.2, -0.15) is 0 Å². The fraction of sp³-hybridized carbons (Fsp3) is 0. The molecule has 0 atom stereocenters. The van der Waals surface area contributed by atoms with E-state index in [9.17, 15) is 20.4 Å². The van der Waals surface area contributed by atoms with Crippen molar-refractivity contribution in [3.63, 3.8) is 0 Å². The van der Waals surface area contributed by atoms with E-state index in [0.29, 0.717) is 11.1 Å². The molecule has 4 heteroatoms. The van der Waals surface area contributed by atoms with Crippen molar-refractivity contribution in [2.45, 2.75) is 0 Å². The number of hydrogen-bond donors (Lipinski definition) is 4. The predicted molar refractivity (Wildman–Crippen MR) is 154 cm³/mol. The molecule has 4 N–H and O–H groups in total. The molecule has 0 fully saturated rings. The second-order valence-electron chi connectivity index (χ2n) is 9.50. The molecule has 0 aromatic heterocycles. The molecule has 0 bridgehead atoms. The molecule has 0 saturated carbocycles. The summed E-state index contributed by atoms with van der Waals surface area (Å²) in [6.07, 6.45) is 0. The lowest BCUT2D eigenvalue weighted by molar-refractivity contribution is 0.351. The van der Waals surface area contributed by atoms with Gasteiger partial charge in [-0.25, -0.2) is 0 Å². The Morgan fingerprint density at radius 1 is 0.368 bits per heavy atom. The molecule has 0 aliphatic heterocycles. The molecule has 0 spiro atoms. The third-order valence-electron chi connectivity index (χ3n) is 7.46. The molecule has 182 valence electrons. The van der Waals surface area contributed by atoms with Crippen LogP contribution in [0.5, 0.6) is 23.0 Å². The van der Waals surface area contributed by atoms with Crippen molar-refractivity contribution in [3.05, 3.63) is 109 Å². The van der Waals surface area contributed by atoms with Crippen LogP contribution in [0.1, 0.15) is 0 Å². The first-order chi connectivity index (χ1) is 18.6. The highest BCUT2D eigenvalue weighted by Crippen LogP contribution is 2.57. The molecule has 0 heterocycles. The first-order valence-electron chi connectivity index (χ1n) is 12.4. The highest BCUT2D eigenvalue weighted by Gasteiger charge is 2.27. The van der Waals surface area contributed by atoms with Gasteiger partial charge in [0.1, 0.15) is 0 Å². The summed E-state index contributed by atoms with van der Waals surface area (Å²) < 4.78 is 0. The standard InChI is InChI=1S/C34H22O4/c35-31-29-27(19-10-2-1-3-11-19)24-16-8-9-17-25(24)28(30(29)32(36)34(38)33(31)37)26-18-20-12-4-5-13-21(20)22-14-6-7-15-23(22)26/h1-18,35-38H. The van der Waals surface area contributed by atoms with Crippen molar-refractivity contribution in [2.24, 2.45) is 0 Å². The molecule has 0 amide bonds. The number of rotatable bonds is 2. The summed E-state index contributed by atoms with van der Waals surface area (Å²) in [5, 5.41) is 50.5. The minimum Gasteiger partial charge on any atom is -0.504 e. The van der Waals surface area contributed by atoms with Crippen molar-refractivity contribution in [2.75, 3.05) is 0 Å². The summed E-state index contributed by atoms with van der Waals surface area (Å²) in [5.41, 5.74) is 2.98. The zero-order chi connectivity index (χ0) is 26.0. The van der Waals surface area contributed by atoms with Crippen LogP contribution in [0.2, 0.25) is 0 Å². The Morgan fingerprint density at radius 2 is 0.842 bits per heavy atom. The topological polar surface area (TPSA) is 80.9 Å². The van der Waals surface area contributed by atoms with Crippen LogP contribution in [0.4, 0.5) is 0 Å². The molecule has 0 unspecified atom stereocenters. The lowest BCUT2D eigenvalue weighted by atomic mass is 9.83. The number of hydrogen-bond acceptors (Lipinski definition) is 4. The van der Waals surface area contributed by atoms with Crippen molar-refractivity contribution in [3.8, 4) is 45.3 Å². The zero-order valence-electron chi connectivity index (χ0n) is 20.2. The molecular weight excluding hydrogens is 472 g/mol. The second kappa shape index (κ2) is 8.15. The Morgan fingerprint density at radius 3 is 1.50 bits per heavy atom. The minimum absolute atomic E-state index is 0.273. The molecule has 0 aliphatic rings. The van der Waals surface area contributed by atoms with Gasteiger partial charge in [-0.15, -0.1) is 0 Å². The Balaban J connectivity index is 1.81. The van der Waals surface area contributed by atoms with Gasteiger partial charge in [-0.1, -0.05) is 103 Å². The van der Waals surface area contributed by atoms with Gasteiger partial charge in [-0.3, -0.25) is 0 Å². The van der Waals surface area contributed by atoms with E-state index >= 15 is 0 Å². The average Bonchev–Trinajstić information content (AvgIpc) is 2.97. The highest BCUT2D eigenvalue weighted by atomic mass is 16.3. The van der Waals surface area contributed by atoms with E-state index in [2.05, 4.69) is 24.3 Å². The van der Waals surface area contributed by atoms with Crippen LogP contribution < -0.4 is 0 Å². The molecule has 7 aromatic rings. The maximum atomic E-state index is 11.4. The zero-order valence-corrected chi connectivity index (χ0v) is 20.2. The van der Waals surface area contributed by atoms with Crippen LogP contribution >= 0.6 is 0 Å². The molecule has 0 saturated heterocycles. The highest BCUT2D eigenvalue weighted by molar-refractivity contribution is 6.28. The normalized spacial score (nSPS) is 11.6. The number of aromatic hydroxyl groups is 4. The van der Waals surface area contributed by atoms with E-state index in [4.69, 9.17) is 0 Å².